The third-order valence-electron chi connectivity index (χ3n) is 2.43. The number of carbonyl (C=O) groups is 1. The fraction of sp³-hybridized carbons (Fsp3) is 0.182. The summed E-state index contributed by atoms with van der Waals surface area (Å²) < 4.78 is 1.82. The summed E-state index contributed by atoms with van der Waals surface area (Å²) in [6.07, 6.45) is 0. The summed E-state index contributed by atoms with van der Waals surface area (Å²) in [5.74, 6) is -0.378. The van der Waals surface area contributed by atoms with Crippen LogP contribution in [0.2, 0.25) is 0 Å². The number of nitrogens with zero attached hydrogens (tertiary/aromatic N) is 1. The number of carbonyl (C=O) groups excluding carboxylic acids is 1. The van der Waals surface area contributed by atoms with Crippen LogP contribution in [0.5, 0.6) is 0 Å². The van der Waals surface area contributed by atoms with E-state index in [1.54, 1.807) is 0 Å². The van der Waals surface area contributed by atoms with E-state index in [0.717, 1.165) is 16.0 Å². The van der Waals surface area contributed by atoms with E-state index in [0.29, 0.717) is 5.70 Å². The molecule has 0 saturated heterocycles. The molecule has 0 saturated carbocycles. The number of hydrogen-bond acceptors (Lipinski definition) is 3. The Morgan fingerprint density at radius 1 is 1.40 bits per heavy atom. The number of allylic oxidation sites excluding steroid dienone is 1. The van der Waals surface area contributed by atoms with Crippen LogP contribution in [0.15, 0.2) is 34.9 Å². The summed E-state index contributed by atoms with van der Waals surface area (Å²) in [6.45, 7) is 1.93. The number of benzene rings is 1. The number of primary amides is 1. The van der Waals surface area contributed by atoms with E-state index in [-0.39, 0.29) is 5.91 Å². The van der Waals surface area contributed by atoms with Gasteiger partial charge in [-0.2, -0.15) is 0 Å². The second-order valence-corrected chi connectivity index (χ2v) is 4.59. The van der Waals surface area contributed by atoms with Crippen molar-refractivity contribution in [3.63, 3.8) is 0 Å². The molecule has 1 aromatic rings. The summed E-state index contributed by atoms with van der Waals surface area (Å²) in [6, 6.07) is 8.00. The zero-order chi connectivity index (χ0) is 11.0. The maximum atomic E-state index is 11.3. The predicted octanol–water partition coefficient (Wildman–Crippen LogP) is 1.86. The normalized spacial score (nSPS) is 15.2. The first-order valence-electron chi connectivity index (χ1n) is 4.63. The van der Waals surface area contributed by atoms with Crippen LogP contribution in [-0.2, 0) is 4.79 Å². The highest BCUT2D eigenvalue weighted by Gasteiger charge is 2.23. The third kappa shape index (κ3) is 1.61. The number of hydrogen-bond donors (Lipinski definition) is 1. The number of nitrogens with two attached hydrogens (primary N) is 1. The molecular weight excluding hydrogens is 208 g/mol. The van der Waals surface area contributed by atoms with Gasteiger partial charge in [-0.1, -0.05) is 18.2 Å². The fourth-order valence-corrected chi connectivity index (χ4v) is 2.83. The fourth-order valence-electron chi connectivity index (χ4n) is 1.75. The zero-order valence-corrected chi connectivity index (χ0v) is 9.47. The second kappa shape index (κ2) is 3.62. The van der Waals surface area contributed by atoms with Gasteiger partial charge in [0.25, 0.3) is 5.91 Å². The molecule has 0 aromatic heterocycles. The van der Waals surface area contributed by atoms with E-state index in [1.807, 2.05) is 42.5 Å². The first-order chi connectivity index (χ1) is 7.11. The van der Waals surface area contributed by atoms with E-state index >= 15 is 0 Å². The SMILES string of the molecule is CC1=C(C(N)=O)N(C)Sc2ccccc21. The molecule has 0 radical (unpaired) electrons. The molecule has 0 aliphatic carbocycles. The number of amides is 1. The van der Waals surface area contributed by atoms with Crippen molar-refractivity contribution in [1.29, 1.82) is 0 Å². The summed E-state index contributed by atoms with van der Waals surface area (Å²) in [5.41, 5.74) is 7.97. The van der Waals surface area contributed by atoms with Crippen LogP contribution >= 0.6 is 11.9 Å². The summed E-state index contributed by atoms with van der Waals surface area (Å²) in [4.78, 5) is 12.4. The molecule has 1 aromatic carbocycles. The zero-order valence-electron chi connectivity index (χ0n) is 8.65. The number of rotatable bonds is 1. The van der Waals surface area contributed by atoms with Crippen LogP contribution < -0.4 is 5.73 Å². The number of likely N-dealkylation sites (N-methyl/N-ethyl adjacent to an activating group) is 1. The molecule has 1 aliphatic heterocycles. The topological polar surface area (TPSA) is 46.3 Å². The molecule has 0 atom stereocenters. The van der Waals surface area contributed by atoms with Gasteiger partial charge in [-0.3, -0.25) is 4.79 Å². The Bertz CT molecular complexity index is 454. The van der Waals surface area contributed by atoms with E-state index in [9.17, 15) is 4.79 Å². The van der Waals surface area contributed by atoms with Gasteiger partial charge in [0.1, 0.15) is 5.70 Å². The average Bonchev–Trinajstić information content (AvgIpc) is 2.17. The molecule has 15 heavy (non-hydrogen) atoms. The first kappa shape index (κ1) is 10.1. The molecule has 2 N–H and O–H groups in total. The summed E-state index contributed by atoms with van der Waals surface area (Å²) in [7, 11) is 1.85. The maximum absolute atomic E-state index is 11.3. The molecular formula is C11H12N2OS. The Hall–Kier alpha value is -1.42. The maximum Gasteiger partial charge on any atom is 0.266 e. The van der Waals surface area contributed by atoms with Crippen molar-refractivity contribution in [3.8, 4) is 0 Å². The van der Waals surface area contributed by atoms with Crippen LogP contribution in [0.4, 0.5) is 0 Å². The molecule has 78 valence electrons. The molecule has 0 fully saturated rings. The minimum absolute atomic E-state index is 0.378. The Kier molecular flexibility index (Phi) is 2.44. The van der Waals surface area contributed by atoms with Crippen molar-refractivity contribution >= 4 is 23.4 Å². The lowest BCUT2D eigenvalue weighted by Gasteiger charge is -2.27. The largest absolute Gasteiger partial charge is 0.364 e. The van der Waals surface area contributed by atoms with Gasteiger partial charge in [-0.25, -0.2) is 0 Å². The Labute approximate surface area is 93.1 Å². The van der Waals surface area contributed by atoms with Crippen LogP contribution in [0.1, 0.15) is 12.5 Å². The monoisotopic (exact) mass is 220 g/mol. The van der Waals surface area contributed by atoms with Crippen LogP contribution in [0.25, 0.3) is 5.57 Å². The van der Waals surface area contributed by atoms with E-state index in [2.05, 4.69) is 0 Å². The highest BCUT2D eigenvalue weighted by molar-refractivity contribution is 7.97. The van der Waals surface area contributed by atoms with Gasteiger partial charge >= 0.3 is 0 Å². The smallest absolute Gasteiger partial charge is 0.266 e. The van der Waals surface area contributed by atoms with Gasteiger partial charge in [0.15, 0.2) is 0 Å². The molecule has 0 spiro atoms. The number of fused-ring (bicyclic) bond motifs is 1. The van der Waals surface area contributed by atoms with Gasteiger partial charge in [-0.05, 0) is 36.1 Å². The molecule has 1 heterocycles. The van der Waals surface area contributed by atoms with Crippen LogP contribution in [0.3, 0.4) is 0 Å². The Balaban J connectivity index is 2.62. The molecule has 3 nitrogen and oxygen atoms in total. The molecule has 4 heteroatoms. The highest BCUT2D eigenvalue weighted by Crippen LogP contribution is 2.38. The lowest BCUT2D eigenvalue weighted by molar-refractivity contribution is -0.115. The van der Waals surface area contributed by atoms with Crippen LogP contribution in [0, 0.1) is 0 Å². The molecule has 0 bridgehead atoms. The van der Waals surface area contributed by atoms with E-state index in [4.69, 9.17) is 5.73 Å². The highest BCUT2D eigenvalue weighted by atomic mass is 32.2. The van der Waals surface area contributed by atoms with Crippen LogP contribution in [-0.4, -0.2) is 17.3 Å². The molecule has 0 unspecified atom stereocenters. The molecule has 1 amide bonds. The Morgan fingerprint density at radius 3 is 2.73 bits per heavy atom. The van der Waals surface area contributed by atoms with Gasteiger partial charge in [0.2, 0.25) is 0 Å². The lowest BCUT2D eigenvalue weighted by Crippen LogP contribution is -2.27. The van der Waals surface area contributed by atoms with Crippen molar-refractivity contribution < 1.29 is 4.79 Å². The van der Waals surface area contributed by atoms with Gasteiger partial charge in [0, 0.05) is 11.9 Å². The Morgan fingerprint density at radius 2 is 2.07 bits per heavy atom. The third-order valence-corrected chi connectivity index (χ3v) is 3.44. The quantitative estimate of drug-likeness (QED) is 0.735. The second-order valence-electron chi connectivity index (χ2n) is 3.42. The van der Waals surface area contributed by atoms with Gasteiger partial charge in [0.05, 0.1) is 0 Å². The van der Waals surface area contributed by atoms with Gasteiger partial charge < -0.3 is 10.0 Å². The summed E-state index contributed by atoms with van der Waals surface area (Å²) >= 11 is 1.53. The summed E-state index contributed by atoms with van der Waals surface area (Å²) in [5, 5.41) is 0. The minimum atomic E-state index is -0.378. The van der Waals surface area contributed by atoms with Gasteiger partial charge in [-0.15, -0.1) is 0 Å². The average molecular weight is 220 g/mol. The van der Waals surface area contributed by atoms with Crippen molar-refractivity contribution in [2.24, 2.45) is 5.73 Å². The first-order valence-corrected chi connectivity index (χ1v) is 5.40. The lowest BCUT2D eigenvalue weighted by atomic mass is 10.0. The van der Waals surface area contributed by atoms with E-state index in [1.165, 1.54) is 11.9 Å². The van der Waals surface area contributed by atoms with Crippen molar-refractivity contribution in [1.82, 2.24) is 4.31 Å². The molecule has 1 aliphatic rings. The standard InChI is InChI=1S/C11H12N2OS/c1-7-8-5-3-4-6-9(8)15-13(2)10(7)11(12)14/h3-6H,1-2H3,(H2,12,14). The minimum Gasteiger partial charge on any atom is -0.364 e. The molecule has 2 rings (SSSR count). The van der Waals surface area contributed by atoms with Crippen molar-refractivity contribution in [2.45, 2.75) is 11.8 Å². The van der Waals surface area contributed by atoms with Crippen molar-refractivity contribution in [2.75, 3.05) is 7.05 Å². The predicted molar refractivity (Wildman–Crippen MR) is 61.9 cm³/mol. The van der Waals surface area contributed by atoms with Crippen molar-refractivity contribution in [3.05, 3.63) is 35.5 Å². The van der Waals surface area contributed by atoms with E-state index < -0.39 is 0 Å².